The Hall–Kier alpha value is -1.65. The first-order chi connectivity index (χ1) is 12.1. The third-order valence-electron chi connectivity index (χ3n) is 6.20. The van der Waals surface area contributed by atoms with Crippen LogP contribution in [-0.4, -0.2) is 38.4 Å². The summed E-state index contributed by atoms with van der Waals surface area (Å²) in [5.41, 5.74) is 2.39. The standard InChI is InChI=1S/C19H21N3O2S2/c1-11-6-7-13(8-12(11)2)14-17(3,10-20)9-19-16(24)21(5)18(4,25-26-19)15(23)22(14)19/h6-8,14H,9H2,1-5H3/t14-,17+,18-,19-/m0/s1. The lowest BCUT2D eigenvalue weighted by atomic mass is 9.79. The monoisotopic (exact) mass is 387 g/mol. The number of benzene rings is 1. The number of hydrogen-bond donors (Lipinski definition) is 0. The van der Waals surface area contributed by atoms with Gasteiger partial charge in [0.05, 0.1) is 17.5 Å². The zero-order valence-corrected chi connectivity index (χ0v) is 17.1. The van der Waals surface area contributed by atoms with E-state index in [1.165, 1.54) is 27.2 Å². The molecule has 0 aliphatic carbocycles. The van der Waals surface area contributed by atoms with E-state index in [1.807, 2.05) is 32.9 Å². The van der Waals surface area contributed by atoms with Crippen LogP contribution < -0.4 is 0 Å². The van der Waals surface area contributed by atoms with Gasteiger partial charge >= 0.3 is 0 Å². The highest BCUT2D eigenvalue weighted by atomic mass is 33.1. The van der Waals surface area contributed by atoms with Crippen LogP contribution >= 0.6 is 21.6 Å². The van der Waals surface area contributed by atoms with Gasteiger partial charge in [-0.25, -0.2) is 0 Å². The van der Waals surface area contributed by atoms with E-state index in [4.69, 9.17) is 0 Å². The van der Waals surface area contributed by atoms with E-state index in [-0.39, 0.29) is 11.8 Å². The van der Waals surface area contributed by atoms with Crippen LogP contribution in [0.15, 0.2) is 18.2 Å². The molecule has 136 valence electrons. The second-order valence-electron chi connectivity index (χ2n) is 7.93. The predicted molar refractivity (Wildman–Crippen MR) is 103 cm³/mol. The van der Waals surface area contributed by atoms with E-state index in [9.17, 15) is 14.9 Å². The normalized spacial score (nSPS) is 38.5. The number of amides is 2. The Bertz CT molecular complexity index is 897. The van der Waals surface area contributed by atoms with Gasteiger partial charge < -0.3 is 9.80 Å². The number of piperazine rings is 1. The summed E-state index contributed by atoms with van der Waals surface area (Å²) < 4.78 is 0. The van der Waals surface area contributed by atoms with Crippen molar-refractivity contribution in [2.24, 2.45) is 5.41 Å². The number of carbonyl (C=O) groups excluding carboxylic acids is 2. The number of likely N-dealkylation sites (N-methyl/N-ethyl adjacent to an activating group) is 1. The fraction of sp³-hybridized carbons (Fsp3) is 0.526. The summed E-state index contributed by atoms with van der Waals surface area (Å²) in [5, 5.41) is 10.0. The minimum absolute atomic E-state index is 0.0730. The molecule has 4 saturated heterocycles. The molecule has 0 aromatic heterocycles. The van der Waals surface area contributed by atoms with Gasteiger partial charge in [0.2, 0.25) is 0 Å². The number of hydrogen-bond acceptors (Lipinski definition) is 5. The third-order valence-corrected chi connectivity index (χ3v) is 9.89. The SMILES string of the molecule is Cc1ccc([C@@H]2N3C(=O)[C@]4(C)SS[C@@]3(C[C@]2(C)C#N)C(=O)N4C)cc1C. The molecule has 0 N–H and O–H groups in total. The lowest BCUT2D eigenvalue weighted by Gasteiger charge is -2.57. The maximum atomic E-state index is 13.5. The van der Waals surface area contributed by atoms with E-state index >= 15 is 0 Å². The van der Waals surface area contributed by atoms with Crippen molar-refractivity contribution in [3.63, 3.8) is 0 Å². The van der Waals surface area contributed by atoms with Gasteiger partial charge in [0.25, 0.3) is 11.8 Å². The predicted octanol–water partition coefficient (Wildman–Crippen LogP) is 3.39. The molecule has 26 heavy (non-hydrogen) atoms. The summed E-state index contributed by atoms with van der Waals surface area (Å²) in [7, 11) is 4.58. The van der Waals surface area contributed by atoms with Crippen LogP contribution in [0.25, 0.3) is 0 Å². The van der Waals surface area contributed by atoms with Crippen molar-refractivity contribution in [2.75, 3.05) is 7.05 Å². The molecule has 7 heteroatoms. The average molecular weight is 388 g/mol. The fourth-order valence-electron chi connectivity index (χ4n) is 4.35. The van der Waals surface area contributed by atoms with Gasteiger partial charge in [-0.15, -0.1) is 0 Å². The molecule has 0 radical (unpaired) electrons. The molecular formula is C19H21N3O2S2. The molecule has 1 spiro atoms. The molecule has 4 heterocycles. The number of nitrogens with zero attached hydrogens (tertiary/aromatic N) is 3. The smallest absolute Gasteiger partial charge is 0.261 e. The minimum Gasteiger partial charge on any atom is -0.319 e. The van der Waals surface area contributed by atoms with Crippen molar-refractivity contribution < 1.29 is 9.59 Å². The van der Waals surface area contributed by atoms with Crippen molar-refractivity contribution in [1.29, 1.82) is 5.26 Å². The highest BCUT2D eigenvalue weighted by Gasteiger charge is 2.74. The Morgan fingerprint density at radius 3 is 2.46 bits per heavy atom. The topological polar surface area (TPSA) is 64.4 Å². The number of fused-ring (bicyclic) bond motifs is 2. The summed E-state index contributed by atoms with van der Waals surface area (Å²) in [6.07, 6.45) is 0.344. The molecule has 1 aromatic carbocycles. The van der Waals surface area contributed by atoms with Gasteiger partial charge in [-0.3, -0.25) is 9.59 Å². The summed E-state index contributed by atoms with van der Waals surface area (Å²) in [5.74, 6) is -0.151. The van der Waals surface area contributed by atoms with Gasteiger partial charge in [0.1, 0.15) is 0 Å². The molecule has 1 aromatic rings. The molecular weight excluding hydrogens is 366 g/mol. The van der Waals surface area contributed by atoms with E-state index < -0.39 is 21.2 Å². The van der Waals surface area contributed by atoms with Crippen molar-refractivity contribution in [3.05, 3.63) is 34.9 Å². The maximum Gasteiger partial charge on any atom is 0.261 e. The fourth-order valence-corrected chi connectivity index (χ4v) is 7.94. The maximum absolute atomic E-state index is 13.5. The van der Waals surface area contributed by atoms with Crippen LogP contribution in [0.2, 0.25) is 0 Å². The first kappa shape index (κ1) is 17.7. The number of nitriles is 1. The van der Waals surface area contributed by atoms with Gasteiger partial charge in [-0.05, 0) is 44.4 Å². The van der Waals surface area contributed by atoms with Crippen molar-refractivity contribution in [3.8, 4) is 6.07 Å². The first-order valence-corrected chi connectivity index (χ1v) is 10.7. The number of rotatable bonds is 1. The largest absolute Gasteiger partial charge is 0.319 e. The second-order valence-corrected chi connectivity index (χ2v) is 10.7. The molecule has 4 atom stereocenters. The Balaban J connectivity index is 1.95. The van der Waals surface area contributed by atoms with Crippen molar-refractivity contribution in [2.45, 2.75) is 49.9 Å². The molecule has 0 saturated carbocycles. The van der Waals surface area contributed by atoms with Crippen LogP contribution in [0, 0.1) is 30.6 Å². The Morgan fingerprint density at radius 2 is 1.85 bits per heavy atom. The zero-order chi connectivity index (χ0) is 19.1. The Labute approximate surface area is 161 Å². The van der Waals surface area contributed by atoms with Crippen LogP contribution in [0.3, 0.4) is 0 Å². The van der Waals surface area contributed by atoms with Crippen LogP contribution in [0.1, 0.15) is 43.0 Å². The highest BCUT2D eigenvalue weighted by molar-refractivity contribution is 8.78. The van der Waals surface area contributed by atoms with E-state index in [2.05, 4.69) is 12.1 Å². The first-order valence-electron chi connectivity index (χ1n) is 8.58. The van der Waals surface area contributed by atoms with Crippen molar-refractivity contribution >= 4 is 33.4 Å². The Morgan fingerprint density at radius 1 is 1.15 bits per heavy atom. The number of carbonyl (C=O) groups is 2. The van der Waals surface area contributed by atoms with Crippen LogP contribution in [0.4, 0.5) is 0 Å². The van der Waals surface area contributed by atoms with Gasteiger partial charge in [0.15, 0.2) is 9.74 Å². The van der Waals surface area contributed by atoms with Gasteiger partial charge in [0, 0.05) is 13.5 Å². The number of aryl methyl sites for hydroxylation is 2. The minimum atomic E-state index is -0.998. The van der Waals surface area contributed by atoms with Crippen LogP contribution in [-0.2, 0) is 9.59 Å². The summed E-state index contributed by atoms with van der Waals surface area (Å²) >= 11 is 0. The summed E-state index contributed by atoms with van der Waals surface area (Å²) in [4.78, 5) is 28.1. The van der Waals surface area contributed by atoms with Gasteiger partial charge in [-0.1, -0.05) is 39.8 Å². The average Bonchev–Trinajstić information content (AvgIpc) is 2.89. The molecule has 2 amide bonds. The van der Waals surface area contributed by atoms with Crippen molar-refractivity contribution in [1.82, 2.24) is 9.80 Å². The molecule has 4 aliphatic rings. The molecule has 5 nitrogen and oxygen atoms in total. The molecule has 5 rings (SSSR count). The van der Waals surface area contributed by atoms with E-state index in [0.717, 1.165) is 11.1 Å². The molecule has 4 fully saturated rings. The summed E-state index contributed by atoms with van der Waals surface area (Å²) in [6.45, 7) is 7.75. The van der Waals surface area contributed by atoms with E-state index in [1.54, 1.807) is 23.8 Å². The zero-order valence-electron chi connectivity index (χ0n) is 15.5. The summed E-state index contributed by atoms with van der Waals surface area (Å²) in [6, 6.07) is 8.08. The highest BCUT2D eigenvalue weighted by Crippen LogP contribution is 2.69. The lowest BCUT2D eigenvalue weighted by Crippen LogP contribution is -2.73. The van der Waals surface area contributed by atoms with E-state index in [0.29, 0.717) is 6.42 Å². The Kier molecular flexibility index (Phi) is 3.55. The van der Waals surface area contributed by atoms with Gasteiger partial charge in [-0.2, -0.15) is 5.26 Å². The molecule has 0 unspecified atom stereocenters. The lowest BCUT2D eigenvalue weighted by molar-refractivity contribution is -0.164. The molecule has 4 aliphatic heterocycles. The quantitative estimate of drug-likeness (QED) is 0.691. The van der Waals surface area contributed by atoms with Crippen LogP contribution in [0.5, 0.6) is 0 Å². The molecule has 2 bridgehead atoms. The third kappa shape index (κ3) is 1.89. The second kappa shape index (κ2) is 5.20.